The molecule has 28 heavy (non-hydrogen) atoms. The molecule has 0 atom stereocenters. The molecule has 1 nitrogen and oxygen atoms in total. The Labute approximate surface area is 175 Å². The second-order valence-electron chi connectivity index (χ2n) is 9.94. The monoisotopic (exact) mass is 383 g/mol. The van der Waals surface area contributed by atoms with Gasteiger partial charge in [0, 0.05) is 17.8 Å². The topological polar surface area (TPSA) is 12.9 Å². The molecule has 0 saturated heterocycles. The zero-order chi connectivity index (χ0) is 19.6. The Hall–Kier alpha value is -0.850. The molecule has 0 radical (unpaired) electrons. The van der Waals surface area contributed by atoms with Crippen molar-refractivity contribution >= 4 is 0 Å². The fourth-order valence-electron chi connectivity index (χ4n) is 5.99. The molecule has 2 fully saturated rings. The summed E-state index contributed by atoms with van der Waals surface area (Å²) < 4.78 is 0. The van der Waals surface area contributed by atoms with Gasteiger partial charge in [-0.2, -0.15) is 0 Å². The number of aryl methyl sites for hydroxylation is 1. The number of unbranched alkanes of at least 4 members (excludes halogenated alkanes) is 4. The summed E-state index contributed by atoms with van der Waals surface area (Å²) in [6.07, 6.45) is 25.0. The van der Waals surface area contributed by atoms with Gasteiger partial charge in [-0.25, -0.2) is 0 Å². The number of nitrogens with zero attached hydrogens (tertiary/aromatic N) is 1. The van der Waals surface area contributed by atoms with E-state index >= 15 is 0 Å². The average molecular weight is 384 g/mol. The predicted octanol–water partition coefficient (Wildman–Crippen LogP) is 8.47. The number of pyridine rings is 1. The van der Waals surface area contributed by atoms with Crippen LogP contribution in [0.1, 0.15) is 127 Å². The van der Waals surface area contributed by atoms with Crippen molar-refractivity contribution in [1.29, 1.82) is 0 Å². The molecule has 0 aliphatic heterocycles. The molecule has 1 aromatic rings. The van der Waals surface area contributed by atoms with Gasteiger partial charge in [0.2, 0.25) is 0 Å². The van der Waals surface area contributed by atoms with Crippen LogP contribution < -0.4 is 0 Å². The van der Waals surface area contributed by atoms with Crippen LogP contribution in [0.3, 0.4) is 0 Å². The SMILES string of the molecule is CCCCCCCC1CCC(C2CCC(c3ccc(CCC)cn3)CC2)CC1. The minimum Gasteiger partial charge on any atom is -0.261 e. The Morgan fingerprint density at radius 2 is 1.43 bits per heavy atom. The lowest BCUT2D eigenvalue weighted by atomic mass is 9.68. The molecule has 2 aliphatic carbocycles. The van der Waals surface area contributed by atoms with Crippen LogP contribution in [0.25, 0.3) is 0 Å². The van der Waals surface area contributed by atoms with Crippen LogP contribution in [0, 0.1) is 17.8 Å². The minimum absolute atomic E-state index is 0.728. The van der Waals surface area contributed by atoms with E-state index in [4.69, 9.17) is 4.98 Å². The third-order valence-electron chi connectivity index (χ3n) is 7.85. The van der Waals surface area contributed by atoms with Crippen molar-refractivity contribution in [2.75, 3.05) is 0 Å². The van der Waals surface area contributed by atoms with Crippen molar-refractivity contribution in [3.63, 3.8) is 0 Å². The molecule has 1 heterocycles. The number of aromatic nitrogens is 1. The highest BCUT2D eigenvalue weighted by Gasteiger charge is 2.31. The van der Waals surface area contributed by atoms with E-state index in [0.717, 1.165) is 23.7 Å². The van der Waals surface area contributed by atoms with Crippen molar-refractivity contribution in [3.05, 3.63) is 29.6 Å². The van der Waals surface area contributed by atoms with E-state index in [1.54, 1.807) is 0 Å². The lowest BCUT2D eigenvalue weighted by molar-refractivity contribution is 0.155. The zero-order valence-corrected chi connectivity index (χ0v) is 18.8. The van der Waals surface area contributed by atoms with Gasteiger partial charge >= 0.3 is 0 Å². The Bertz CT molecular complexity index is 518. The van der Waals surface area contributed by atoms with Crippen LogP contribution in [0.5, 0.6) is 0 Å². The standard InChI is InChI=1S/C27H45N/c1-3-5-6-7-8-10-22-11-14-24(15-12-22)25-16-18-26(19-17-25)27-20-13-23(9-4-2)21-28-27/h13,20-22,24-26H,3-12,14-19H2,1-2H3. The Kier molecular flexibility index (Phi) is 9.35. The largest absolute Gasteiger partial charge is 0.261 e. The van der Waals surface area contributed by atoms with E-state index in [1.165, 1.54) is 114 Å². The van der Waals surface area contributed by atoms with E-state index in [2.05, 4.69) is 32.2 Å². The lowest BCUT2D eigenvalue weighted by Gasteiger charge is -2.38. The molecule has 158 valence electrons. The summed E-state index contributed by atoms with van der Waals surface area (Å²) in [4.78, 5) is 4.82. The highest BCUT2D eigenvalue weighted by molar-refractivity contribution is 5.17. The van der Waals surface area contributed by atoms with Crippen LogP contribution >= 0.6 is 0 Å². The summed E-state index contributed by atoms with van der Waals surface area (Å²) in [5, 5.41) is 0. The van der Waals surface area contributed by atoms with Crippen molar-refractivity contribution in [2.45, 2.75) is 122 Å². The van der Waals surface area contributed by atoms with Gasteiger partial charge in [0.25, 0.3) is 0 Å². The Morgan fingerprint density at radius 3 is 2.04 bits per heavy atom. The quantitative estimate of drug-likeness (QED) is 0.369. The molecule has 2 aliphatic rings. The van der Waals surface area contributed by atoms with Crippen molar-refractivity contribution in [3.8, 4) is 0 Å². The summed E-state index contributed by atoms with van der Waals surface area (Å²) in [5.41, 5.74) is 2.77. The first-order valence-corrected chi connectivity index (χ1v) is 12.7. The van der Waals surface area contributed by atoms with E-state index in [1.807, 2.05) is 0 Å². The molecule has 0 unspecified atom stereocenters. The van der Waals surface area contributed by atoms with Crippen LogP contribution in [0.4, 0.5) is 0 Å². The third kappa shape index (κ3) is 6.60. The first-order valence-electron chi connectivity index (χ1n) is 12.7. The van der Waals surface area contributed by atoms with Gasteiger partial charge < -0.3 is 0 Å². The molecular weight excluding hydrogens is 338 g/mol. The van der Waals surface area contributed by atoms with Gasteiger partial charge in [-0.3, -0.25) is 4.98 Å². The number of hydrogen-bond acceptors (Lipinski definition) is 1. The smallest absolute Gasteiger partial charge is 0.0434 e. The predicted molar refractivity (Wildman–Crippen MR) is 122 cm³/mol. The van der Waals surface area contributed by atoms with Crippen LogP contribution in [0.2, 0.25) is 0 Å². The zero-order valence-electron chi connectivity index (χ0n) is 18.8. The lowest BCUT2D eigenvalue weighted by Crippen LogP contribution is -2.25. The highest BCUT2D eigenvalue weighted by Crippen LogP contribution is 2.44. The fourth-order valence-corrected chi connectivity index (χ4v) is 5.99. The van der Waals surface area contributed by atoms with E-state index in [0.29, 0.717) is 0 Å². The first kappa shape index (κ1) is 21.8. The maximum Gasteiger partial charge on any atom is 0.0434 e. The van der Waals surface area contributed by atoms with Crippen LogP contribution in [-0.2, 0) is 6.42 Å². The molecule has 1 aromatic heterocycles. The summed E-state index contributed by atoms with van der Waals surface area (Å²) in [7, 11) is 0. The minimum atomic E-state index is 0.728. The van der Waals surface area contributed by atoms with Crippen LogP contribution in [0.15, 0.2) is 18.3 Å². The molecule has 0 aromatic carbocycles. The molecule has 0 spiro atoms. The number of rotatable bonds is 10. The Balaban J connectivity index is 1.34. The maximum atomic E-state index is 4.82. The summed E-state index contributed by atoms with van der Waals surface area (Å²) in [5.74, 6) is 3.84. The number of hydrogen-bond donors (Lipinski definition) is 0. The molecule has 3 rings (SSSR count). The molecule has 0 bridgehead atoms. The average Bonchev–Trinajstić information content (AvgIpc) is 2.75. The van der Waals surface area contributed by atoms with Crippen molar-refractivity contribution in [2.24, 2.45) is 17.8 Å². The summed E-state index contributed by atoms with van der Waals surface area (Å²) in [6.45, 7) is 4.56. The van der Waals surface area contributed by atoms with Gasteiger partial charge in [-0.15, -0.1) is 0 Å². The molecular formula is C27H45N. The molecule has 0 amide bonds. The Morgan fingerprint density at radius 1 is 0.750 bits per heavy atom. The van der Waals surface area contributed by atoms with E-state index < -0.39 is 0 Å². The van der Waals surface area contributed by atoms with E-state index in [9.17, 15) is 0 Å². The normalized spacial score (nSPS) is 28.4. The van der Waals surface area contributed by atoms with Crippen LogP contribution in [-0.4, -0.2) is 4.98 Å². The third-order valence-corrected chi connectivity index (χ3v) is 7.85. The second-order valence-corrected chi connectivity index (χ2v) is 9.94. The van der Waals surface area contributed by atoms with Crippen molar-refractivity contribution in [1.82, 2.24) is 4.98 Å². The van der Waals surface area contributed by atoms with Gasteiger partial charge in [-0.1, -0.05) is 77.7 Å². The first-order chi connectivity index (χ1) is 13.8. The molecule has 2 saturated carbocycles. The van der Waals surface area contributed by atoms with Crippen molar-refractivity contribution < 1.29 is 0 Å². The maximum absolute atomic E-state index is 4.82. The van der Waals surface area contributed by atoms with Gasteiger partial charge in [0.1, 0.15) is 0 Å². The van der Waals surface area contributed by atoms with Gasteiger partial charge in [0.05, 0.1) is 0 Å². The van der Waals surface area contributed by atoms with E-state index in [-0.39, 0.29) is 0 Å². The second kappa shape index (κ2) is 12.0. The fraction of sp³-hybridized carbons (Fsp3) is 0.815. The summed E-state index contributed by atoms with van der Waals surface area (Å²) in [6, 6.07) is 4.64. The molecule has 0 N–H and O–H groups in total. The summed E-state index contributed by atoms with van der Waals surface area (Å²) >= 11 is 0. The highest BCUT2D eigenvalue weighted by atomic mass is 14.7. The van der Waals surface area contributed by atoms with Gasteiger partial charge in [-0.05, 0) is 74.3 Å². The molecule has 1 heteroatoms. The van der Waals surface area contributed by atoms with Gasteiger partial charge in [0.15, 0.2) is 0 Å².